The molecule has 0 amide bonds. The zero-order chi connectivity index (χ0) is 16.8. The smallest absolute Gasteiger partial charge is 0.200 e. The first kappa shape index (κ1) is 16.2. The molecule has 0 atom stereocenters. The SMILES string of the molecule is CCc1cc(NCc2ccc(OCCOC)cc2)c2nncn2n1. The largest absolute Gasteiger partial charge is 0.491 e. The summed E-state index contributed by atoms with van der Waals surface area (Å²) in [5.74, 6) is 0.841. The van der Waals surface area contributed by atoms with Crippen molar-refractivity contribution in [3.8, 4) is 5.75 Å². The number of aryl methyl sites for hydroxylation is 1. The van der Waals surface area contributed by atoms with Crippen molar-refractivity contribution < 1.29 is 9.47 Å². The number of hydrogen-bond donors (Lipinski definition) is 1. The van der Waals surface area contributed by atoms with E-state index in [4.69, 9.17) is 9.47 Å². The maximum absolute atomic E-state index is 5.57. The van der Waals surface area contributed by atoms with Crippen molar-refractivity contribution in [2.45, 2.75) is 19.9 Å². The maximum Gasteiger partial charge on any atom is 0.200 e. The predicted octanol–water partition coefficient (Wildman–Crippen LogP) is 2.32. The summed E-state index contributed by atoms with van der Waals surface area (Å²) in [4.78, 5) is 0. The molecule has 7 nitrogen and oxygen atoms in total. The molecule has 7 heteroatoms. The number of hydrogen-bond acceptors (Lipinski definition) is 6. The van der Waals surface area contributed by atoms with Crippen molar-refractivity contribution in [1.29, 1.82) is 0 Å². The number of aromatic nitrogens is 4. The Hall–Kier alpha value is -2.67. The van der Waals surface area contributed by atoms with Crippen LogP contribution in [0.2, 0.25) is 0 Å². The zero-order valence-electron chi connectivity index (χ0n) is 13.9. The van der Waals surface area contributed by atoms with Gasteiger partial charge < -0.3 is 14.8 Å². The average molecular weight is 327 g/mol. The molecule has 0 fully saturated rings. The van der Waals surface area contributed by atoms with Gasteiger partial charge in [0.25, 0.3) is 0 Å². The topological polar surface area (TPSA) is 73.6 Å². The van der Waals surface area contributed by atoms with Gasteiger partial charge in [0.2, 0.25) is 5.65 Å². The van der Waals surface area contributed by atoms with Crippen LogP contribution in [0.1, 0.15) is 18.2 Å². The Morgan fingerprint density at radius 2 is 2.00 bits per heavy atom. The monoisotopic (exact) mass is 327 g/mol. The fraction of sp³-hybridized carbons (Fsp3) is 0.353. The summed E-state index contributed by atoms with van der Waals surface area (Å²) < 4.78 is 12.2. The van der Waals surface area contributed by atoms with Crippen molar-refractivity contribution in [1.82, 2.24) is 19.8 Å². The van der Waals surface area contributed by atoms with Crippen LogP contribution in [-0.4, -0.2) is 40.1 Å². The number of nitrogens with one attached hydrogen (secondary N) is 1. The summed E-state index contributed by atoms with van der Waals surface area (Å²) in [6.07, 6.45) is 2.47. The van der Waals surface area contributed by atoms with E-state index >= 15 is 0 Å². The number of ether oxygens (including phenoxy) is 2. The molecule has 0 radical (unpaired) electrons. The summed E-state index contributed by atoms with van der Waals surface area (Å²) >= 11 is 0. The molecular formula is C17H21N5O2. The number of benzene rings is 1. The molecular weight excluding hydrogens is 306 g/mol. The first-order chi connectivity index (χ1) is 11.8. The van der Waals surface area contributed by atoms with Crippen LogP contribution in [0.3, 0.4) is 0 Å². The van der Waals surface area contributed by atoms with Gasteiger partial charge in [0.1, 0.15) is 18.7 Å². The second-order valence-electron chi connectivity index (χ2n) is 5.34. The van der Waals surface area contributed by atoms with Crippen LogP contribution in [0.25, 0.3) is 5.65 Å². The molecule has 0 saturated heterocycles. The van der Waals surface area contributed by atoms with Gasteiger partial charge in [-0.1, -0.05) is 19.1 Å². The first-order valence-corrected chi connectivity index (χ1v) is 7.94. The fourth-order valence-corrected chi connectivity index (χ4v) is 2.33. The van der Waals surface area contributed by atoms with Crippen molar-refractivity contribution in [3.63, 3.8) is 0 Å². The second-order valence-corrected chi connectivity index (χ2v) is 5.34. The summed E-state index contributed by atoms with van der Waals surface area (Å²) in [7, 11) is 1.66. The van der Waals surface area contributed by atoms with Gasteiger partial charge in [0, 0.05) is 13.7 Å². The summed E-state index contributed by atoms with van der Waals surface area (Å²) in [6, 6.07) is 10.0. The Balaban J connectivity index is 1.66. The number of methoxy groups -OCH3 is 1. The molecule has 0 bridgehead atoms. The molecule has 126 valence electrons. The fourth-order valence-electron chi connectivity index (χ4n) is 2.33. The maximum atomic E-state index is 5.57. The third-order valence-corrected chi connectivity index (χ3v) is 3.64. The second kappa shape index (κ2) is 7.74. The Morgan fingerprint density at radius 3 is 2.75 bits per heavy atom. The highest BCUT2D eigenvalue weighted by Crippen LogP contribution is 2.18. The predicted molar refractivity (Wildman–Crippen MR) is 91.3 cm³/mol. The summed E-state index contributed by atoms with van der Waals surface area (Å²) in [5.41, 5.74) is 3.81. The van der Waals surface area contributed by atoms with Gasteiger partial charge in [-0.25, -0.2) is 0 Å². The minimum absolute atomic E-state index is 0.551. The molecule has 0 spiro atoms. The molecule has 2 aromatic heterocycles. The third-order valence-electron chi connectivity index (χ3n) is 3.64. The lowest BCUT2D eigenvalue weighted by Crippen LogP contribution is -2.06. The first-order valence-electron chi connectivity index (χ1n) is 7.94. The van der Waals surface area contributed by atoms with E-state index in [0.29, 0.717) is 19.8 Å². The molecule has 2 heterocycles. The minimum Gasteiger partial charge on any atom is -0.491 e. The quantitative estimate of drug-likeness (QED) is 0.640. The van der Waals surface area contributed by atoms with Crippen LogP contribution in [0, 0.1) is 0 Å². The average Bonchev–Trinajstić information content (AvgIpc) is 3.09. The van der Waals surface area contributed by atoms with Gasteiger partial charge in [-0.2, -0.15) is 9.61 Å². The molecule has 3 aromatic rings. The highest BCUT2D eigenvalue weighted by Gasteiger charge is 2.07. The molecule has 0 unspecified atom stereocenters. The number of fused-ring (bicyclic) bond motifs is 1. The van der Waals surface area contributed by atoms with Crippen molar-refractivity contribution in [2.24, 2.45) is 0 Å². The van der Waals surface area contributed by atoms with Gasteiger partial charge in [0.05, 0.1) is 18.0 Å². The molecule has 24 heavy (non-hydrogen) atoms. The molecule has 3 rings (SSSR count). The molecule has 0 aliphatic carbocycles. The van der Waals surface area contributed by atoms with E-state index in [1.54, 1.807) is 18.0 Å². The van der Waals surface area contributed by atoms with E-state index in [-0.39, 0.29) is 0 Å². The lowest BCUT2D eigenvalue weighted by atomic mass is 10.2. The molecule has 0 aliphatic heterocycles. The van der Waals surface area contributed by atoms with Gasteiger partial charge in [-0.3, -0.25) is 0 Å². The van der Waals surface area contributed by atoms with E-state index in [0.717, 1.165) is 34.8 Å². The Labute approximate surface area is 140 Å². The lowest BCUT2D eigenvalue weighted by Gasteiger charge is -2.10. The van der Waals surface area contributed by atoms with E-state index in [9.17, 15) is 0 Å². The normalized spacial score (nSPS) is 10.9. The van der Waals surface area contributed by atoms with Crippen LogP contribution in [0.4, 0.5) is 5.69 Å². The van der Waals surface area contributed by atoms with Crippen LogP contribution < -0.4 is 10.1 Å². The van der Waals surface area contributed by atoms with Crippen molar-refractivity contribution >= 4 is 11.3 Å². The highest BCUT2D eigenvalue weighted by atomic mass is 16.5. The number of anilines is 1. The Bertz CT molecular complexity index is 785. The summed E-state index contributed by atoms with van der Waals surface area (Å²) in [6.45, 7) is 3.90. The zero-order valence-corrected chi connectivity index (χ0v) is 13.9. The highest BCUT2D eigenvalue weighted by molar-refractivity contribution is 5.66. The third kappa shape index (κ3) is 3.80. The van der Waals surface area contributed by atoms with Crippen molar-refractivity contribution in [2.75, 3.05) is 25.6 Å². The van der Waals surface area contributed by atoms with E-state index < -0.39 is 0 Å². The van der Waals surface area contributed by atoms with Crippen LogP contribution >= 0.6 is 0 Å². The molecule has 1 N–H and O–H groups in total. The van der Waals surface area contributed by atoms with Gasteiger partial charge in [-0.15, -0.1) is 10.2 Å². The molecule has 0 saturated carbocycles. The Morgan fingerprint density at radius 1 is 1.17 bits per heavy atom. The van der Waals surface area contributed by atoms with E-state index in [1.165, 1.54) is 0 Å². The van der Waals surface area contributed by atoms with E-state index in [2.05, 4.69) is 27.5 Å². The van der Waals surface area contributed by atoms with Gasteiger partial charge >= 0.3 is 0 Å². The van der Waals surface area contributed by atoms with Crippen LogP contribution in [0.5, 0.6) is 5.75 Å². The lowest BCUT2D eigenvalue weighted by molar-refractivity contribution is 0.146. The molecule has 0 aliphatic rings. The van der Waals surface area contributed by atoms with E-state index in [1.807, 2.05) is 30.3 Å². The Kier molecular flexibility index (Phi) is 5.22. The van der Waals surface area contributed by atoms with Gasteiger partial charge in [0.15, 0.2) is 0 Å². The van der Waals surface area contributed by atoms with Crippen LogP contribution in [-0.2, 0) is 17.7 Å². The van der Waals surface area contributed by atoms with Crippen molar-refractivity contribution in [3.05, 3.63) is 47.9 Å². The number of rotatable bonds is 8. The standard InChI is InChI=1S/C17H21N5O2/c1-3-14-10-16(17-20-19-12-22(17)21-14)18-11-13-4-6-15(7-5-13)24-9-8-23-2/h4-7,10,12,18H,3,8-9,11H2,1-2H3. The van der Waals surface area contributed by atoms with Crippen LogP contribution in [0.15, 0.2) is 36.7 Å². The molecule has 1 aromatic carbocycles. The summed E-state index contributed by atoms with van der Waals surface area (Å²) in [5, 5.41) is 15.9. The minimum atomic E-state index is 0.551. The number of nitrogens with zero attached hydrogens (tertiary/aromatic N) is 4. The van der Waals surface area contributed by atoms with Gasteiger partial charge in [-0.05, 0) is 30.2 Å².